The summed E-state index contributed by atoms with van der Waals surface area (Å²) in [7, 11) is -1.99. The minimum atomic E-state index is -3.38. The monoisotopic (exact) mass is 280 g/mol. The first-order valence-electron chi connectivity index (χ1n) is 5.82. The average molecular weight is 280 g/mol. The van der Waals surface area contributed by atoms with Crippen LogP contribution in [0.25, 0.3) is 0 Å². The van der Waals surface area contributed by atoms with E-state index >= 15 is 0 Å². The number of H-pyrrole nitrogens is 1. The number of rotatable bonds is 5. The van der Waals surface area contributed by atoms with Gasteiger partial charge in [-0.15, -0.1) is 0 Å². The smallest absolute Gasteiger partial charge is 0.240 e. The van der Waals surface area contributed by atoms with Gasteiger partial charge in [-0.2, -0.15) is 5.10 Å². The van der Waals surface area contributed by atoms with Crippen molar-refractivity contribution in [3.63, 3.8) is 0 Å². The number of hydrogen-bond acceptors (Lipinski definition) is 4. The van der Waals surface area contributed by atoms with Gasteiger partial charge in [0.15, 0.2) is 0 Å². The van der Waals surface area contributed by atoms with Crippen LogP contribution in [-0.4, -0.2) is 25.7 Å². The highest BCUT2D eigenvalue weighted by atomic mass is 32.2. The maximum atomic E-state index is 11.6. The molecule has 1 heterocycles. The zero-order valence-electron chi connectivity index (χ0n) is 10.7. The fraction of sp³-hybridized carbons (Fsp3) is 0.250. The Kier molecular flexibility index (Phi) is 3.87. The van der Waals surface area contributed by atoms with Gasteiger partial charge in [0, 0.05) is 17.4 Å². The second-order valence-electron chi connectivity index (χ2n) is 4.13. The predicted molar refractivity (Wildman–Crippen MR) is 73.3 cm³/mol. The zero-order chi connectivity index (χ0) is 13.9. The largest absolute Gasteiger partial charge is 0.378 e. The Morgan fingerprint density at radius 1 is 1.26 bits per heavy atom. The van der Waals surface area contributed by atoms with Crippen LogP contribution in [0, 0.1) is 0 Å². The van der Waals surface area contributed by atoms with Crippen LogP contribution in [0.1, 0.15) is 18.5 Å². The summed E-state index contributed by atoms with van der Waals surface area (Å²) in [6.45, 7) is 2.00. The lowest BCUT2D eigenvalue weighted by atomic mass is 10.2. The maximum Gasteiger partial charge on any atom is 0.240 e. The van der Waals surface area contributed by atoms with E-state index in [1.807, 2.05) is 13.1 Å². The second kappa shape index (κ2) is 5.41. The lowest BCUT2D eigenvalue weighted by molar-refractivity contribution is 0.588. The molecule has 7 heteroatoms. The highest BCUT2D eigenvalue weighted by molar-refractivity contribution is 7.89. The molecule has 0 saturated heterocycles. The van der Waals surface area contributed by atoms with Crippen molar-refractivity contribution in [2.45, 2.75) is 17.9 Å². The van der Waals surface area contributed by atoms with Crippen molar-refractivity contribution in [3.05, 3.63) is 42.2 Å². The lowest BCUT2D eigenvalue weighted by Crippen LogP contribution is -2.18. The molecule has 2 aromatic rings. The number of benzene rings is 1. The Bertz CT molecular complexity index is 620. The van der Waals surface area contributed by atoms with Gasteiger partial charge in [-0.05, 0) is 38.2 Å². The highest BCUT2D eigenvalue weighted by Crippen LogP contribution is 2.19. The van der Waals surface area contributed by atoms with Crippen molar-refractivity contribution in [2.75, 3.05) is 12.4 Å². The van der Waals surface area contributed by atoms with E-state index in [9.17, 15) is 8.42 Å². The summed E-state index contributed by atoms with van der Waals surface area (Å²) >= 11 is 0. The first kappa shape index (κ1) is 13.6. The Morgan fingerprint density at radius 3 is 2.47 bits per heavy atom. The molecule has 0 bridgehead atoms. The summed E-state index contributed by atoms with van der Waals surface area (Å²) in [4.78, 5) is 0.247. The number of sulfonamides is 1. The van der Waals surface area contributed by atoms with Gasteiger partial charge in [-0.25, -0.2) is 13.1 Å². The van der Waals surface area contributed by atoms with Crippen molar-refractivity contribution >= 4 is 15.7 Å². The number of nitrogens with zero attached hydrogens (tertiary/aromatic N) is 1. The molecule has 0 saturated carbocycles. The van der Waals surface area contributed by atoms with Gasteiger partial charge in [0.25, 0.3) is 0 Å². The summed E-state index contributed by atoms with van der Waals surface area (Å²) in [5.74, 6) is 0. The molecule has 0 aliphatic carbocycles. The van der Waals surface area contributed by atoms with E-state index < -0.39 is 10.0 Å². The van der Waals surface area contributed by atoms with Crippen LogP contribution in [-0.2, 0) is 10.0 Å². The van der Waals surface area contributed by atoms with Gasteiger partial charge in [-0.3, -0.25) is 5.10 Å². The minimum absolute atomic E-state index is 0.0884. The average Bonchev–Trinajstić information content (AvgIpc) is 2.93. The number of anilines is 1. The van der Waals surface area contributed by atoms with Crippen LogP contribution in [0.5, 0.6) is 0 Å². The van der Waals surface area contributed by atoms with Crippen molar-refractivity contribution in [1.82, 2.24) is 14.9 Å². The molecule has 1 aromatic heterocycles. The number of nitrogens with one attached hydrogen (secondary N) is 3. The van der Waals surface area contributed by atoms with E-state index in [-0.39, 0.29) is 10.9 Å². The molecule has 0 spiro atoms. The molecular weight excluding hydrogens is 264 g/mol. The first-order chi connectivity index (χ1) is 9.03. The SMILES string of the molecule is CNS(=O)(=O)c1ccc(NC(C)c2cn[nH]c2)cc1. The topological polar surface area (TPSA) is 86.9 Å². The molecule has 0 aliphatic rings. The number of aromatic amines is 1. The molecule has 102 valence electrons. The minimum Gasteiger partial charge on any atom is -0.378 e. The molecule has 0 amide bonds. The lowest BCUT2D eigenvalue weighted by Gasteiger charge is -2.13. The van der Waals surface area contributed by atoms with Crippen LogP contribution >= 0.6 is 0 Å². The fourth-order valence-electron chi connectivity index (χ4n) is 1.68. The van der Waals surface area contributed by atoms with Gasteiger partial charge in [0.05, 0.1) is 17.1 Å². The normalized spacial score (nSPS) is 13.2. The van der Waals surface area contributed by atoms with Crippen molar-refractivity contribution < 1.29 is 8.42 Å². The van der Waals surface area contributed by atoms with Gasteiger partial charge in [0.1, 0.15) is 0 Å². The summed E-state index contributed by atoms with van der Waals surface area (Å²) in [5, 5.41) is 9.91. The third kappa shape index (κ3) is 3.12. The third-order valence-corrected chi connectivity index (χ3v) is 4.27. The molecular formula is C12H16N4O2S. The molecule has 0 fully saturated rings. The molecule has 3 N–H and O–H groups in total. The highest BCUT2D eigenvalue weighted by Gasteiger charge is 2.11. The number of hydrogen-bond donors (Lipinski definition) is 3. The van der Waals surface area contributed by atoms with Gasteiger partial charge >= 0.3 is 0 Å². The first-order valence-corrected chi connectivity index (χ1v) is 7.30. The van der Waals surface area contributed by atoms with Crippen LogP contribution in [0.3, 0.4) is 0 Å². The Labute approximate surface area is 112 Å². The van der Waals surface area contributed by atoms with Crippen molar-refractivity contribution in [2.24, 2.45) is 0 Å². The Hall–Kier alpha value is -1.86. The van der Waals surface area contributed by atoms with E-state index in [1.165, 1.54) is 7.05 Å². The molecule has 1 unspecified atom stereocenters. The fourth-order valence-corrected chi connectivity index (χ4v) is 2.41. The molecule has 2 rings (SSSR count). The third-order valence-electron chi connectivity index (χ3n) is 2.84. The number of aromatic nitrogens is 2. The van der Waals surface area contributed by atoms with Crippen LogP contribution in [0.15, 0.2) is 41.6 Å². The standard InChI is InChI=1S/C12H16N4O2S/c1-9(10-7-14-15-8-10)16-11-3-5-12(6-4-11)19(17,18)13-2/h3-9,13,16H,1-2H3,(H,14,15). The van der Waals surface area contributed by atoms with Crippen molar-refractivity contribution in [3.8, 4) is 0 Å². The summed E-state index contributed by atoms with van der Waals surface area (Å²) < 4.78 is 25.4. The molecule has 6 nitrogen and oxygen atoms in total. The van der Waals surface area contributed by atoms with Gasteiger partial charge in [-0.1, -0.05) is 0 Å². The van der Waals surface area contributed by atoms with Gasteiger partial charge in [0.2, 0.25) is 10.0 Å². The zero-order valence-corrected chi connectivity index (χ0v) is 11.5. The van der Waals surface area contributed by atoms with E-state index in [4.69, 9.17) is 0 Å². The molecule has 1 atom stereocenters. The van der Waals surface area contributed by atoms with Crippen LogP contribution < -0.4 is 10.0 Å². The Morgan fingerprint density at radius 2 is 1.95 bits per heavy atom. The maximum absolute atomic E-state index is 11.6. The molecule has 1 aromatic carbocycles. The van der Waals surface area contributed by atoms with Crippen LogP contribution in [0.4, 0.5) is 5.69 Å². The van der Waals surface area contributed by atoms with E-state index in [2.05, 4.69) is 20.2 Å². The van der Waals surface area contributed by atoms with E-state index in [0.717, 1.165) is 11.3 Å². The quantitative estimate of drug-likeness (QED) is 0.774. The van der Waals surface area contributed by atoms with Crippen molar-refractivity contribution in [1.29, 1.82) is 0 Å². The van der Waals surface area contributed by atoms with E-state index in [0.29, 0.717) is 0 Å². The summed E-state index contributed by atoms with van der Waals surface area (Å²) in [5.41, 5.74) is 1.88. The summed E-state index contributed by atoms with van der Waals surface area (Å²) in [6, 6.07) is 6.69. The molecule has 0 radical (unpaired) electrons. The van der Waals surface area contributed by atoms with Crippen LogP contribution in [0.2, 0.25) is 0 Å². The Balaban J connectivity index is 2.11. The summed E-state index contributed by atoms with van der Waals surface area (Å²) in [6.07, 6.45) is 3.56. The molecule has 19 heavy (non-hydrogen) atoms. The molecule has 0 aliphatic heterocycles. The van der Waals surface area contributed by atoms with E-state index in [1.54, 1.807) is 30.5 Å². The van der Waals surface area contributed by atoms with Gasteiger partial charge < -0.3 is 5.32 Å². The predicted octanol–water partition coefficient (Wildman–Crippen LogP) is 1.49. The second-order valence-corrected chi connectivity index (χ2v) is 6.02.